The SMILES string of the molecule is [C-]#[N+]c1ccc(N2C(=O)C3(CCC3)N(c3ccc(CC(=O)CC)cc3)C2=S)cc1C. The summed E-state index contributed by atoms with van der Waals surface area (Å²) in [5.41, 5.74) is 3.30. The summed E-state index contributed by atoms with van der Waals surface area (Å²) in [5.74, 6) is 0.202. The molecule has 2 aliphatic rings. The van der Waals surface area contributed by atoms with Gasteiger partial charge in [-0.15, -0.1) is 0 Å². The molecule has 0 radical (unpaired) electrons. The van der Waals surface area contributed by atoms with E-state index in [0.29, 0.717) is 29.3 Å². The zero-order valence-electron chi connectivity index (χ0n) is 17.1. The summed E-state index contributed by atoms with van der Waals surface area (Å²) in [4.78, 5) is 32.4. The number of benzene rings is 2. The Hall–Kier alpha value is -3.04. The van der Waals surface area contributed by atoms with E-state index in [9.17, 15) is 9.59 Å². The number of carbonyl (C=O) groups is 2. The number of thiocarbonyl (C=S) groups is 1. The quantitative estimate of drug-likeness (QED) is 0.500. The maximum atomic E-state index is 13.5. The van der Waals surface area contributed by atoms with Crippen molar-refractivity contribution in [1.29, 1.82) is 0 Å². The smallest absolute Gasteiger partial charge is 0.259 e. The molecule has 1 amide bonds. The lowest BCUT2D eigenvalue weighted by Gasteiger charge is -2.43. The number of anilines is 2. The Balaban J connectivity index is 1.69. The molecule has 0 bridgehead atoms. The van der Waals surface area contributed by atoms with Crippen molar-refractivity contribution in [3.63, 3.8) is 0 Å². The van der Waals surface area contributed by atoms with Crippen LogP contribution in [0.2, 0.25) is 0 Å². The first kappa shape index (κ1) is 20.2. The summed E-state index contributed by atoms with van der Waals surface area (Å²) in [7, 11) is 0. The minimum atomic E-state index is -0.635. The van der Waals surface area contributed by atoms with Gasteiger partial charge < -0.3 is 4.90 Å². The van der Waals surface area contributed by atoms with E-state index in [1.165, 1.54) is 0 Å². The number of rotatable bonds is 5. The molecule has 4 rings (SSSR count). The van der Waals surface area contributed by atoms with Gasteiger partial charge in [0.2, 0.25) is 0 Å². The molecule has 30 heavy (non-hydrogen) atoms. The van der Waals surface area contributed by atoms with Crippen molar-refractivity contribution in [2.45, 2.75) is 51.5 Å². The van der Waals surface area contributed by atoms with Gasteiger partial charge in [0.25, 0.3) is 5.91 Å². The van der Waals surface area contributed by atoms with E-state index in [2.05, 4.69) is 4.85 Å². The van der Waals surface area contributed by atoms with Crippen LogP contribution in [-0.4, -0.2) is 22.3 Å². The van der Waals surface area contributed by atoms with E-state index in [4.69, 9.17) is 18.8 Å². The Bertz CT molecular complexity index is 1080. The first-order valence-electron chi connectivity index (χ1n) is 10.2. The highest BCUT2D eigenvalue weighted by atomic mass is 32.1. The van der Waals surface area contributed by atoms with Crippen molar-refractivity contribution in [2.24, 2.45) is 0 Å². The van der Waals surface area contributed by atoms with Gasteiger partial charge in [0, 0.05) is 24.2 Å². The predicted octanol–water partition coefficient (Wildman–Crippen LogP) is 5.13. The van der Waals surface area contributed by atoms with Crippen LogP contribution in [-0.2, 0) is 16.0 Å². The van der Waals surface area contributed by atoms with Crippen LogP contribution >= 0.6 is 12.2 Å². The summed E-state index contributed by atoms with van der Waals surface area (Å²) in [5, 5.41) is 0.465. The molecule has 6 heteroatoms. The van der Waals surface area contributed by atoms with Gasteiger partial charge in [-0.25, -0.2) is 4.85 Å². The van der Waals surface area contributed by atoms with Gasteiger partial charge in [-0.2, -0.15) is 0 Å². The Morgan fingerprint density at radius 3 is 2.37 bits per heavy atom. The molecule has 0 atom stereocenters. The number of Topliss-reactive ketones (excluding diaryl/α,β-unsaturated/α-hetero) is 1. The Morgan fingerprint density at radius 1 is 1.17 bits per heavy atom. The molecule has 5 nitrogen and oxygen atoms in total. The lowest BCUT2D eigenvalue weighted by Crippen LogP contribution is -2.55. The van der Waals surface area contributed by atoms with Crippen molar-refractivity contribution in [3.8, 4) is 0 Å². The minimum absolute atomic E-state index is 0.000973. The molecule has 1 spiro atoms. The van der Waals surface area contributed by atoms with Gasteiger partial charge in [0.1, 0.15) is 11.3 Å². The first-order valence-corrected chi connectivity index (χ1v) is 10.6. The molecule has 2 fully saturated rings. The van der Waals surface area contributed by atoms with E-state index < -0.39 is 5.54 Å². The molecule has 1 aliphatic heterocycles. The lowest BCUT2D eigenvalue weighted by atomic mass is 9.75. The van der Waals surface area contributed by atoms with E-state index in [0.717, 1.165) is 36.1 Å². The Kier molecular flexibility index (Phi) is 5.17. The highest BCUT2D eigenvalue weighted by Gasteiger charge is 2.59. The molecule has 152 valence electrons. The molecular formula is C24H23N3O2S. The molecule has 1 heterocycles. The number of ketones is 1. The fourth-order valence-electron chi connectivity index (χ4n) is 4.23. The number of amides is 1. The third-order valence-electron chi connectivity index (χ3n) is 6.14. The first-order chi connectivity index (χ1) is 14.4. The fraction of sp³-hybridized carbons (Fsp3) is 0.333. The van der Waals surface area contributed by atoms with Gasteiger partial charge >= 0.3 is 0 Å². The molecule has 0 aromatic heterocycles. The van der Waals surface area contributed by atoms with Crippen LogP contribution in [0.3, 0.4) is 0 Å². The molecule has 0 N–H and O–H groups in total. The van der Waals surface area contributed by atoms with Crippen LogP contribution in [0.25, 0.3) is 4.85 Å². The van der Waals surface area contributed by atoms with Crippen molar-refractivity contribution >= 4 is 46.1 Å². The van der Waals surface area contributed by atoms with Gasteiger partial charge in [0.05, 0.1) is 6.57 Å². The van der Waals surface area contributed by atoms with Crippen molar-refractivity contribution in [2.75, 3.05) is 9.80 Å². The zero-order valence-corrected chi connectivity index (χ0v) is 18.0. The fourth-order valence-corrected chi connectivity index (χ4v) is 4.70. The summed E-state index contributed by atoms with van der Waals surface area (Å²) < 4.78 is 0. The van der Waals surface area contributed by atoms with Crippen LogP contribution in [0.1, 0.15) is 43.7 Å². The predicted molar refractivity (Wildman–Crippen MR) is 122 cm³/mol. The van der Waals surface area contributed by atoms with E-state index in [-0.39, 0.29) is 11.7 Å². The highest BCUT2D eigenvalue weighted by Crippen LogP contribution is 2.48. The van der Waals surface area contributed by atoms with Crippen LogP contribution in [0.4, 0.5) is 17.1 Å². The third-order valence-corrected chi connectivity index (χ3v) is 6.51. The van der Waals surface area contributed by atoms with E-state index in [1.54, 1.807) is 17.0 Å². The average Bonchev–Trinajstić information content (AvgIpc) is 2.95. The molecule has 2 aromatic rings. The van der Waals surface area contributed by atoms with Crippen LogP contribution in [0.15, 0.2) is 42.5 Å². The second-order valence-electron chi connectivity index (χ2n) is 7.96. The molecule has 2 aromatic carbocycles. The Labute approximate surface area is 182 Å². The topological polar surface area (TPSA) is 45.0 Å². The normalized spacial score (nSPS) is 17.2. The number of aryl methyl sites for hydroxylation is 1. The third kappa shape index (κ3) is 3.10. The van der Waals surface area contributed by atoms with Gasteiger partial charge in [-0.3, -0.25) is 14.5 Å². The van der Waals surface area contributed by atoms with Crippen LogP contribution in [0, 0.1) is 13.5 Å². The molecule has 1 aliphatic carbocycles. The Morgan fingerprint density at radius 2 is 1.83 bits per heavy atom. The van der Waals surface area contributed by atoms with Crippen LogP contribution < -0.4 is 9.80 Å². The highest BCUT2D eigenvalue weighted by molar-refractivity contribution is 7.81. The molecule has 1 saturated carbocycles. The maximum absolute atomic E-state index is 13.5. The maximum Gasteiger partial charge on any atom is 0.259 e. The monoisotopic (exact) mass is 417 g/mol. The number of hydrogen-bond acceptors (Lipinski definition) is 3. The number of carbonyl (C=O) groups excluding carboxylic acids is 2. The lowest BCUT2D eigenvalue weighted by molar-refractivity contribution is -0.124. The van der Waals surface area contributed by atoms with E-state index >= 15 is 0 Å². The van der Waals surface area contributed by atoms with Crippen molar-refractivity contribution in [1.82, 2.24) is 0 Å². The molecule has 0 unspecified atom stereocenters. The van der Waals surface area contributed by atoms with Gasteiger partial charge in [-0.1, -0.05) is 25.1 Å². The largest absolute Gasteiger partial charge is 0.303 e. The van der Waals surface area contributed by atoms with Crippen LogP contribution in [0.5, 0.6) is 0 Å². The standard InChI is InChI=1S/C24H23N3O2S/c1-4-20(28)15-17-6-8-18(9-7-17)27-23(30)26(22(29)24(27)12-5-13-24)19-10-11-21(25-3)16(2)14-19/h6-11,14H,4-5,12-13,15H2,1-2H3. The summed E-state index contributed by atoms with van der Waals surface area (Å²) in [6, 6.07) is 13.2. The molecule has 1 saturated heterocycles. The zero-order chi connectivity index (χ0) is 21.5. The second kappa shape index (κ2) is 7.66. The van der Waals surface area contributed by atoms with Gasteiger partial charge in [-0.05, 0) is 73.8 Å². The van der Waals surface area contributed by atoms with E-state index in [1.807, 2.05) is 49.1 Å². The summed E-state index contributed by atoms with van der Waals surface area (Å²) >= 11 is 5.79. The second-order valence-corrected chi connectivity index (χ2v) is 8.33. The average molecular weight is 418 g/mol. The summed E-state index contributed by atoms with van der Waals surface area (Å²) in [6.45, 7) is 11.0. The van der Waals surface area contributed by atoms with Crippen molar-refractivity contribution < 1.29 is 9.59 Å². The van der Waals surface area contributed by atoms with Gasteiger partial charge in [0.15, 0.2) is 10.8 Å². The minimum Gasteiger partial charge on any atom is -0.303 e. The number of hydrogen-bond donors (Lipinski definition) is 0. The summed E-state index contributed by atoms with van der Waals surface area (Å²) in [6.07, 6.45) is 3.45. The van der Waals surface area contributed by atoms with Crippen molar-refractivity contribution in [3.05, 3.63) is 65.0 Å². The molecular weight excluding hydrogens is 394 g/mol. The number of nitrogens with zero attached hydrogens (tertiary/aromatic N) is 3.